The molecule has 0 bridgehead atoms. The van der Waals surface area contributed by atoms with E-state index in [0.717, 1.165) is 25.5 Å². The normalized spacial score (nSPS) is 25.1. The number of aldehydes is 1. The molecule has 80 valence electrons. The summed E-state index contributed by atoms with van der Waals surface area (Å²) in [6.07, 6.45) is 3.68. The van der Waals surface area contributed by atoms with Crippen molar-refractivity contribution in [3.05, 3.63) is 30.1 Å². The van der Waals surface area contributed by atoms with Crippen molar-refractivity contribution in [2.75, 3.05) is 0 Å². The van der Waals surface area contributed by atoms with Gasteiger partial charge in [0.15, 0.2) is 0 Å². The highest BCUT2D eigenvalue weighted by atomic mass is 19.1. The number of carbonyl (C=O) groups is 1. The number of ether oxygens (including phenoxy) is 1. The van der Waals surface area contributed by atoms with Crippen molar-refractivity contribution in [3.63, 3.8) is 0 Å². The lowest BCUT2D eigenvalue weighted by Gasteiger charge is -2.12. The highest BCUT2D eigenvalue weighted by Crippen LogP contribution is 2.27. The lowest BCUT2D eigenvalue weighted by molar-refractivity contribution is -0.111. The minimum atomic E-state index is -0.264. The van der Waals surface area contributed by atoms with Gasteiger partial charge in [-0.1, -0.05) is 0 Å². The third-order valence-electron chi connectivity index (χ3n) is 2.73. The van der Waals surface area contributed by atoms with Crippen molar-refractivity contribution >= 4 is 6.29 Å². The van der Waals surface area contributed by atoms with Crippen LogP contribution in [-0.4, -0.2) is 12.4 Å². The molecule has 2 nitrogen and oxygen atoms in total. The second-order valence-corrected chi connectivity index (χ2v) is 3.90. The molecule has 15 heavy (non-hydrogen) atoms. The molecule has 2 atom stereocenters. The number of halogens is 1. The van der Waals surface area contributed by atoms with Gasteiger partial charge in [0.2, 0.25) is 0 Å². The second-order valence-electron chi connectivity index (χ2n) is 3.90. The number of hydrogen-bond donors (Lipinski definition) is 0. The quantitative estimate of drug-likeness (QED) is 0.713. The highest BCUT2D eigenvalue weighted by molar-refractivity contribution is 5.54. The van der Waals surface area contributed by atoms with Gasteiger partial charge >= 0.3 is 0 Å². The molecule has 0 saturated heterocycles. The number of rotatable bonds is 3. The van der Waals surface area contributed by atoms with E-state index in [4.69, 9.17) is 4.74 Å². The summed E-state index contributed by atoms with van der Waals surface area (Å²) in [6, 6.07) is 5.98. The minimum Gasteiger partial charge on any atom is -0.490 e. The summed E-state index contributed by atoms with van der Waals surface area (Å²) >= 11 is 0. The number of benzene rings is 1. The molecular formula is C12H13FO2. The molecule has 0 aliphatic heterocycles. The summed E-state index contributed by atoms with van der Waals surface area (Å²) in [6.45, 7) is 0. The van der Waals surface area contributed by atoms with Gasteiger partial charge < -0.3 is 9.53 Å². The van der Waals surface area contributed by atoms with E-state index in [1.165, 1.54) is 12.1 Å². The van der Waals surface area contributed by atoms with Crippen LogP contribution >= 0.6 is 0 Å². The fourth-order valence-electron chi connectivity index (χ4n) is 1.91. The van der Waals surface area contributed by atoms with Crippen LogP contribution in [0.2, 0.25) is 0 Å². The van der Waals surface area contributed by atoms with Crippen LogP contribution in [0.5, 0.6) is 5.75 Å². The Bertz CT molecular complexity index is 334. The Morgan fingerprint density at radius 2 is 2.00 bits per heavy atom. The first-order chi connectivity index (χ1) is 7.28. The van der Waals surface area contributed by atoms with Crippen LogP contribution in [0.15, 0.2) is 24.3 Å². The summed E-state index contributed by atoms with van der Waals surface area (Å²) in [4.78, 5) is 10.5. The van der Waals surface area contributed by atoms with E-state index in [9.17, 15) is 9.18 Å². The Morgan fingerprint density at radius 1 is 1.27 bits per heavy atom. The van der Waals surface area contributed by atoms with Crippen LogP contribution in [0.3, 0.4) is 0 Å². The van der Waals surface area contributed by atoms with E-state index in [0.29, 0.717) is 5.75 Å². The summed E-state index contributed by atoms with van der Waals surface area (Å²) in [5.74, 6) is 0.544. The van der Waals surface area contributed by atoms with Crippen LogP contribution in [-0.2, 0) is 4.79 Å². The number of hydrogen-bond acceptors (Lipinski definition) is 2. The summed E-state index contributed by atoms with van der Waals surface area (Å²) in [5, 5.41) is 0. The third-order valence-corrected chi connectivity index (χ3v) is 2.73. The molecule has 2 unspecified atom stereocenters. The molecule has 0 spiro atoms. The van der Waals surface area contributed by atoms with Crippen LogP contribution in [0.25, 0.3) is 0 Å². The lowest BCUT2D eigenvalue weighted by atomic mass is 10.1. The van der Waals surface area contributed by atoms with Crippen molar-refractivity contribution in [1.29, 1.82) is 0 Å². The van der Waals surface area contributed by atoms with E-state index >= 15 is 0 Å². The van der Waals surface area contributed by atoms with Crippen molar-refractivity contribution in [2.24, 2.45) is 5.92 Å². The van der Waals surface area contributed by atoms with Gasteiger partial charge in [0.05, 0.1) is 6.10 Å². The first-order valence-corrected chi connectivity index (χ1v) is 5.15. The molecule has 0 N–H and O–H groups in total. The topological polar surface area (TPSA) is 26.3 Å². The highest BCUT2D eigenvalue weighted by Gasteiger charge is 2.25. The van der Waals surface area contributed by atoms with Gasteiger partial charge in [0.25, 0.3) is 0 Å². The van der Waals surface area contributed by atoms with E-state index < -0.39 is 0 Å². The Labute approximate surface area is 88.1 Å². The fraction of sp³-hybridized carbons (Fsp3) is 0.417. The standard InChI is InChI=1S/C12H13FO2/c13-10-2-5-11(6-3-10)15-12-4-1-9(7-12)8-14/h2-3,5-6,8-9,12H,1,4,7H2. The van der Waals surface area contributed by atoms with Crippen LogP contribution in [0, 0.1) is 11.7 Å². The monoisotopic (exact) mass is 208 g/mol. The smallest absolute Gasteiger partial charge is 0.123 e. The molecule has 1 fully saturated rings. The summed E-state index contributed by atoms with van der Waals surface area (Å²) in [5.41, 5.74) is 0. The zero-order chi connectivity index (χ0) is 10.7. The molecule has 3 heteroatoms. The van der Waals surface area contributed by atoms with Gasteiger partial charge in [-0.25, -0.2) is 4.39 Å². The zero-order valence-corrected chi connectivity index (χ0v) is 8.36. The largest absolute Gasteiger partial charge is 0.490 e. The van der Waals surface area contributed by atoms with E-state index in [2.05, 4.69) is 0 Å². The molecule has 1 aliphatic carbocycles. The molecule has 1 aromatic carbocycles. The average molecular weight is 208 g/mol. The van der Waals surface area contributed by atoms with Crippen molar-refractivity contribution in [1.82, 2.24) is 0 Å². The zero-order valence-electron chi connectivity index (χ0n) is 8.36. The van der Waals surface area contributed by atoms with Gasteiger partial charge in [-0.3, -0.25) is 0 Å². The first-order valence-electron chi connectivity index (χ1n) is 5.15. The van der Waals surface area contributed by atoms with E-state index in [-0.39, 0.29) is 17.8 Å². The minimum absolute atomic E-state index is 0.102. The van der Waals surface area contributed by atoms with Gasteiger partial charge in [-0.05, 0) is 43.5 Å². The number of carbonyl (C=O) groups excluding carboxylic acids is 1. The molecular weight excluding hydrogens is 195 g/mol. The van der Waals surface area contributed by atoms with Crippen molar-refractivity contribution in [2.45, 2.75) is 25.4 Å². The lowest BCUT2D eigenvalue weighted by Crippen LogP contribution is -2.12. The maximum absolute atomic E-state index is 12.6. The first kappa shape index (κ1) is 10.1. The maximum atomic E-state index is 12.6. The molecule has 1 aromatic rings. The molecule has 0 aromatic heterocycles. The van der Waals surface area contributed by atoms with E-state index in [1.807, 2.05) is 0 Å². The van der Waals surface area contributed by atoms with Gasteiger partial charge in [-0.2, -0.15) is 0 Å². The molecule has 0 amide bonds. The van der Waals surface area contributed by atoms with E-state index in [1.54, 1.807) is 12.1 Å². The molecule has 1 saturated carbocycles. The van der Waals surface area contributed by atoms with Crippen LogP contribution < -0.4 is 4.74 Å². The van der Waals surface area contributed by atoms with Gasteiger partial charge in [-0.15, -0.1) is 0 Å². The average Bonchev–Trinajstić information content (AvgIpc) is 2.69. The third kappa shape index (κ3) is 2.55. The Kier molecular flexibility index (Phi) is 2.99. The van der Waals surface area contributed by atoms with Crippen LogP contribution in [0.1, 0.15) is 19.3 Å². The Morgan fingerprint density at radius 3 is 2.60 bits per heavy atom. The van der Waals surface area contributed by atoms with Gasteiger partial charge in [0.1, 0.15) is 17.9 Å². The predicted octanol–water partition coefficient (Wildman–Crippen LogP) is 2.57. The Hall–Kier alpha value is -1.38. The van der Waals surface area contributed by atoms with Crippen molar-refractivity contribution in [3.8, 4) is 5.75 Å². The second kappa shape index (κ2) is 4.43. The van der Waals surface area contributed by atoms with Crippen LogP contribution in [0.4, 0.5) is 4.39 Å². The van der Waals surface area contributed by atoms with Gasteiger partial charge in [0, 0.05) is 5.92 Å². The Balaban J connectivity index is 1.92. The predicted molar refractivity (Wildman–Crippen MR) is 54.2 cm³/mol. The molecule has 0 heterocycles. The van der Waals surface area contributed by atoms with Crippen molar-refractivity contribution < 1.29 is 13.9 Å². The molecule has 1 aliphatic rings. The summed E-state index contributed by atoms with van der Waals surface area (Å²) < 4.78 is 18.3. The molecule has 0 radical (unpaired) electrons. The molecule has 2 rings (SSSR count). The summed E-state index contributed by atoms with van der Waals surface area (Å²) in [7, 11) is 0. The SMILES string of the molecule is O=CC1CCC(Oc2ccc(F)cc2)C1. The fourth-order valence-corrected chi connectivity index (χ4v) is 1.91. The maximum Gasteiger partial charge on any atom is 0.123 e.